The van der Waals surface area contributed by atoms with E-state index in [-0.39, 0.29) is 12.3 Å². The molecule has 0 saturated heterocycles. The van der Waals surface area contributed by atoms with Crippen LogP contribution in [0.4, 0.5) is 0 Å². The first kappa shape index (κ1) is 11.8. The number of primary amides is 1. The Bertz CT molecular complexity index is 379. The van der Waals surface area contributed by atoms with Crippen LogP contribution in [0.3, 0.4) is 0 Å². The monoisotopic (exact) mass is 273 g/mol. The van der Waals surface area contributed by atoms with Crippen molar-refractivity contribution in [1.82, 2.24) is 0 Å². The topological polar surface area (TPSA) is 61.5 Å². The van der Waals surface area contributed by atoms with Crippen LogP contribution in [0.1, 0.15) is 5.56 Å². The summed E-state index contributed by atoms with van der Waals surface area (Å²) < 4.78 is 11.0. The number of benzene rings is 1. The molecule has 1 aromatic carbocycles. The molecule has 0 saturated carbocycles. The van der Waals surface area contributed by atoms with Crippen LogP contribution < -0.4 is 15.2 Å². The molecule has 0 aromatic heterocycles. The maximum atomic E-state index is 10.8. The zero-order chi connectivity index (χ0) is 11.4. The number of nitrogens with two attached hydrogens (primary N) is 1. The molecule has 0 aliphatic carbocycles. The van der Waals surface area contributed by atoms with Gasteiger partial charge in [0.15, 0.2) is 11.5 Å². The second-order valence-electron chi connectivity index (χ2n) is 2.96. The van der Waals surface area contributed by atoms with E-state index in [2.05, 4.69) is 15.9 Å². The molecule has 0 atom stereocenters. The van der Waals surface area contributed by atoms with E-state index in [9.17, 15) is 4.79 Å². The summed E-state index contributed by atoms with van der Waals surface area (Å²) in [5.74, 6) is 0.794. The lowest BCUT2D eigenvalue weighted by Crippen LogP contribution is -2.13. The van der Waals surface area contributed by atoms with Crippen LogP contribution in [0, 0.1) is 0 Å². The molecule has 0 heterocycles. The van der Waals surface area contributed by atoms with Gasteiger partial charge in [0.1, 0.15) is 0 Å². The predicted molar refractivity (Wildman–Crippen MR) is 60.1 cm³/mol. The number of hydrogen-bond donors (Lipinski definition) is 1. The third-order valence-corrected chi connectivity index (χ3v) is 2.46. The van der Waals surface area contributed by atoms with E-state index >= 15 is 0 Å². The lowest BCUT2D eigenvalue weighted by molar-refractivity contribution is -0.117. The first-order valence-corrected chi connectivity index (χ1v) is 5.06. The van der Waals surface area contributed by atoms with Gasteiger partial charge in [-0.15, -0.1) is 0 Å². The molecule has 0 fully saturated rings. The predicted octanol–water partition coefficient (Wildman–Crippen LogP) is 1.49. The summed E-state index contributed by atoms with van der Waals surface area (Å²) in [6.45, 7) is 0. The van der Waals surface area contributed by atoms with Gasteiger partial charge in [-0.25, -0.2) is 0 Å². The summed E-state index contributed by atoms with van der Waals surface area (Å²) in [4.78, 5) is 10.8. The summed E-state index contributed by atoms with van der Waals surface area (Å²) in [5.41, 5.74) is 5.89. The van der Waals surface area contributed by atoms with E-state index in [0.29, 0.717) is 11.5 Å². The van der Waals surface area contributed by atoms with Crippen LogP contribution >= 0.6 is 15.9 Å². The third kappa shape index (κ3) is 2.86. The third-order valence-electron chi connectivity index (χ3n) is 1.87. The molecular formula is C10H12BrNO3. The SMILES string of the molecule is COc1cc(CC(N)=O)cc(Br)c1OC. The van der Waals surface area contributed by atoms with Gasteiger partial charge in [0.2, 0.25) is 5.91 Å². The zero-order valence-electron chi connectivity index (χ0n) is 8.54. The second-order valence-corrected chi connectivity index (χ2v) is 3.81. The summed E-state index contributed by atoms with van der Waals surface area (Å²) in [5, 5.41) is 0. The Labute approximate surface area is 96.5 Å². The minimum atomic E-state index is -0.380. The quantitative estimate of drug-likeness (QED) is 0.904. The normalized spacial score (nSPS) is 9.80. The van der Waals surface area contributed by atoms with Crippen LogP contribution in [0.15, 0.2) is 16.6 Å². The van der Waals surface area contributed by atoms with Crippen LogP contribution in [0.2, 0.25) is 0 Å². The number of methoxy groups -OCH3 is 2. The van der Waals surface area contributed by atoms with Gasteiger partial charge in [0, 0.05) is 0 Å². The lowest BCUT2D eigenvalue weighted by Gasteiger charge is -2.11. The highest BCUT2D eigenvalue weighted by Crippen LogP contribution is 2.36. The largest absolute Gasteiger partial charge is 0.493 e. The van der Waals surface area contributed by atoms with Crippen molar-refractivity contribution in [3.05, 3.63) is 22.2 Å². The minimum absolute atomic E-state index is 0.180. The molecule has 0 aliphatic heterocycles. The van der Waals surface area contributed by atoms with E-state index < -0.39 is 0 Å². The van der Waals surface area contributed by atoms with Crippen molar-refractivity contribution in [2.75, 3.05) is 14.2 Å². The fourth-order valence-electron chi connectivity index (χ4n) is 1.27. The molecule has 4 nitrogen and oxygen atoms in total. The van der Waals surface area contributed by atoms with Crippen molar-refractivity contribution in [3.8, 4) is 11.5 Å². The van der Waals surface area contributed by atoms with Crippen molar-refractivity contribution >= 4 is 21.8 Å². The molecule has 2 N–H and O–H groups in total. The first-order chi connectivity index (χ1) is 7.08. The number of rotatable bonds is 4. The minimum Gasteiger partial charge on any atom is -0.493 e. The van der Waals surface area contributed by atoms with Gasteiger partial charge in [0.05, 0.1) is 25.1 Å². The van der Waals surface area contributed by atoms with Gasteiger partial charge in [-0.3, -0.25) is 4.79 Å². The first-order valence-electron chi connectivity index (χ1n) is 4.27. The van der Waals surface area contributed by atoms with E-state index in [1.165, 1.54) is 0 Å². The van der Waals surface area contributed by atoms with Crippen LogP contribution in [0.25, 0.3) is 0 Å². The van der Waals surface area contributed by atoms with Crippen molar-refractivity contribution in [2.24, 2.45) is 5.73 Å². The number of ether oxygens (including phenoxy) is 2. The number of carbonyl (C=O) groups excluding carboxylic acids is 1. The molecule has 0 unspecified atom stereocenters. The maximum absolute atomic E-state index is 10.8. The summed E-state index contributed by atoms with van der Waals surface area (Å²) in [7, 11) is 3.09. The number of amides is 1. The summed E-state index contributed by atoms with van der Waals surface area (Å²) in [6, 6.07) is 3.51. The van der Waals surface area contributed by atoms with Crippen molar-refractivity contribution in [1.29, 1.82) is 0 Å². The molecule has 0 bridgehead atoms. The van der Waals surface area contributed by atoms with Gasteiger partial charge in [0.25, 0.3) is 0 Å². The summed E-state index contributed by atoms with van der Waals surface area (Å²) >= 11 is 3.33. The highest BCUT2D eigenvalue weighted by Gasteiger charge is 2.11. The van der Waals surface area contributed by atoms with Gasteiger partial charge >= 0.3 is 0 Å². The molecular weight excluding hydrogens is 262 g/mol. The molecule has 5 heteroatoms. The Hall–Kier alpha value is -1.23. The number of carbonyl (C=O) groups is 1. The fraction of sp³-hybridized carbons (Fsp3) is 0.300. The molecule has 0 spiro atoms. The van der Waals surface area contributed by atoms with Gasteiger partial charge in [-0.05, 0) is 33.6 Å². The van der Waals surface area contributed by atoms with Crippen molar-refractivity contribution in [3.63, 3.8) is 0 Å². The molecule has 82 valence electrons. The standard InChI is InChI=1S/C10H12BrNO3/c1-14-8-4-6(5-9(12)13)3-7(11)10(8)15-2/h3-4H,5H2,1-2H3,(H2,12,13). The Morgan fingerprint density at radius 1 is 1.40 bits per heavy atom. The number of hydrogen-bond acceptors (Lipinski definition) is 3. The fourth-order valence-corrected chi connectivity index (χ4v) is 1.93. The smallest absolute Gasteiger partial charge is 0.221 e. The lowest BCUT2D eigenvalue weighted by atomic mass is 10.1. The van der Waals surface area contributed by atoms with Crippen LogP contribution in [-0.2, 0) is 11.2 Å². The zero-order valence-corrected chi connectivity index (χ0v) is 10.1. The van der Waals surface area contributed by atoms with E-state index in [1.807, 2.05) is 0 Å². The van der Waals surface area contributed by atoms with E-state index in [0.717, 1.165) is 10.0 Å². The Kier molecular flexibility index (Phi) is 3.96. The average Bonchev–Trinajstić information content (AvgIpc) is 2.15. The molecule has 1 aromatic rings. The Morgan fingerprint density at radius 2 is 2.07 bits per heavy atom. The second kappa shape index (κ2) is 5.02. The van der Waals surface area contributed by atoms with Crippen LogP contribution in [-0.4, -0.2) is 20.1 Å². The molecule has 1 rings (SSSR count). The molecule has 0 aliphatic rings. The highest BCUT2D eigenvalue weighted by molar-refractivity contribution is 9.10. The Morgan fingerprint density at radius 3 is 2.53 bits per heavy atom. The molecule has 15 heavy (non-hydrogen) atoms. The average molecular weight is 274 g/mol. The van der Waals surface area contributed by atoms with Crippen molar-refractivity contribution in [2.45, 2.75) is 6.42 Å². The molecule has 0 radical (unpaired) electrons. The van der Waals surface area contributed by atoms with E-state index in [1.54, 1.807) is 26.4 Å². The van der Waals surface area contributed by atoms with Gasteiger partial charge in [-0.2, -0.15) is 0 Å². The number of halogens is 1. The maximum Gasteiger partial charge on any atom is 0.221 e. The van der Waals surface area contributed by atoms with Crippen LogP contribution in [0.5, 0.6) is 11.5 Å². The summed E-state index contributed by atoms with van der Waals surface area (Å²) in [6.07, 6.45) is 0.180. The highest BCUT2D eigenvalue weighted by atomic mass is 79.9. The van der Waals surface area contributed by atoms with E-state index in [4.69, 9.17) is 15.2 Å². The molecule has 1 amide bonds. The van der Waals surface area contributed by atoms with Crippen molar-refractivity contribution < 1.29 is 14.3 Å². The van der Waals surface area contributed by atoms with Gasteiger partial charge < -0.3 is 15.2 Å². The van der Waals surface area contributed by atoms with Gasteiger partial charge in [-0.1, -0.05) is 0 Å². The Balaban J connectivity index is 3.13.